The summed E-state index contributed by atoms with van der Waals surface area (Å²) in [6.45, 7) is 6.27. The number of ether oxygens (including phenoxy) is 2. The van der Waals surface area contributed by atoms with Crippen molar-refractivity contribution in [2.75, 3.05) is 39.4 Å². The number of hydrogen-bond donors (Lipinski definition) is 0. The number of carbonyl (C=O) groups is 3. The predicted molar refractivity (Wildman–Crippen MR) is 139 cm³/mol. The molecule has 6 aliphatic rings. The van der Waals surface area contributed by atoms with Crippen LogP contribution in [-0.2, 0) is 25.6 Å². The van der Waals surface area contributed by atoms with Crippen molar-refractivity contribution in [1.29, 1.82) is 0 Å². The molecule has 2 amide bonds. The highest BCUT2D eigenvalue weighted by molar-refractivity contribution is 6.01. The molecule has 0 aromatic heterocycles. The van der Waals surface area contributed by atoms with E-state index in [4.69, 9.17) is 9.47 Å². The first-order chi connectivity index (χ1) is 18.4. The Balaban J connectivity index is 1.06. The van der Waals surface area contributed by atoms with Gasteiger partial charge < -0.3 is 19.3 Å². The highest BCUT2D eigenvalue weighted by Gasteiger charge is 2.58. The molecule has 8 heteroatoms. The largest absolute Gasteiger partial charge is 0.436 e. The average Bonchev–Trinajstić information content (AvgIpc) is 3.58. The maximum absolute atomic E-state index is 13.6. The molecule has 3 aliphatic heterocycles. The van der Waals surface area contributed by atoms with Gasteiger partial charge in [0.05, 0.1) is 30.9 Å². The number of ketones is 1. The number of fused-ring (bicyclic) bond motifs is 2. The third-order valence-corrected chi connectivity index (χ3v) is 9.56. The summed E-state index contributed by atoms with van der Waals surface area (Å²) in [7, 11) is 0. The smallest absolute Gasteiger partial charge is 0.411 e. The van der Waals surface area contributed by atoms with Crippen molar-refractivity contribution in [3.63, 3.8) is 0 Å². The third-order valence-electron chi connectivity index (χ3n) is 9.56. The second-order valence-electron chi connectivity index (χ2n) is 12.3. The number of amides is 2. The second-order valence-corrected chi connectivity index (χ2v) is 12.3. The van der Waals surface area contributed by atoms with E-state index in [1.807, 2.05) is 47.4 Å². The molecule has 0 bridgehead atoms. The monoisotopic (exact) mass is 517 g/mol. The van der Waals surface area contributed by atoms with E-state index in [0.29, 0.717) is 31.8 Å². The zero-order valence-electron chi connectivity index (χ0n) is 21.9. The van der Waals surface area contributed by atoms with E-state index in [-0.39, 0.29) is 35.6 Å². The molecular weight excluding hydrogens is 482 g/mol. The molecule has 5 fully saturated rings. The van der Waals surface area contributed by atoms with Crippen molar-refractivity contribution in [3.05, 3.63) is 59.3 Å². The van der Waals surface area contributed by atoms with Gasteiger partial charge in [0.2, 0.25) is 5.91 Å². The van der Waals surface area contributed by atoms with Crippen LogP contribution >= 0.6 is 0 Å². The predicted octanol–water partition coefficient (Wildman–Crippen LogP) is 3.14. The Hall–Kier alpha value is -3.13. The maximum Gasteiger partial charge on any atom is 0.411 e. The molecule has 1 aromatic rings. The van der Waals surface area contributed by atoms with E-state index in [1.165, 1.54) is 0 Å². The highest BCUT2D eigenvalue weighted by Crippen LogP contribution is 2.50. The number of carbonyl (C=O) groups excluding carboxylic acids is 3. The molecule has 3 unspecified atom stereocenters. The van der Waals surface area contributed by atoms with Crippen LogP contribution in [0.2, 0.25) is 0 Å². The zero-order valence-corrected chi connectivity index (χ0v) is 21.9. The number of hydrogen-bond acceptors (Lipinski definition) is 6. The lowest BCUT2D eigenvalue weighted by atomic mass is 9.76. The lowest BCUT2D eigenvalue weighted by Gasteiger charge is -2.56. The van der Waals surface area contributed by atoms with Crippen molar-refractivity contribution in [1.82, 2.24) is 14.7 Å². The molecule has 3 saturated heterocycles. The topological polar surface area (TPSA) is 79.4 Å². The highest BCUT2D eigenvalue weighted by atomic mass is 16.6. The van der Waals surface area contributed by atoms with Gasteiger partial charge in [-0.25, -0.2) is 4.79 Å². The summed E-state index contributed by atoms with van der Waals surface area (Å²) in [5.41, 5.74) is 2.17. The summed E-state index contributed by atoms with van der Waals surface area (Å²) in [4.78, 5) is 45.7. The number of nitrogens with zero attached hydrogens (tertiary/aromatic N) is 3. The minimum absolute atomic E-state index is 0.00457. The molecule has 3 aliphatic carbocycles. The van der Waals surface area contributed by atoms with E-state index < -0.39 is 11.7 Å². The Labute approximate surface area is 223 Å². The average molecular weight is 518 g/mol. The van der Waals surface area contributed by atoms with Gasteiger partial charge in [0, 0.05) is 31.6 Å². The molecule has 0 N–H and O–H groups in total. The van der Waals surface area contributed by atoms with Crippen molar-refractivity contribution in [3.8, 4) is 0 Å². The van der Waals surface area contributed by atoms with Crippen LogP contribution in [0.4, 0.5) is 4.79 Å². The normalized spacial score (nSPS) is 29.9. The minimum Gasteiger partial charge on any atom is -0.436 e. The van der Waals surface area contributed by atoms with Crippen LogP contribution in [0.1, 0.15) is 38.2 Å². The van der Waals surface area contributed by atoms with Crippen LogP contribution in [0.3, 0.4) is 0 Å². The summed E-state index contributed by atoms with van der Waals surface area (Å²) in [5, 5.41) is 0. The summed E-state index contributed by atoms with van der Waals surface area (Å²) in [6.07, 6.45) is 7.00. The first-order valence-corrected chi connectivity index (χ1v) is 14.0. The molecule has 1 aromatic carbocycles. The van der Waals surface area contributed by atoms with Crippen LogP contribution in [-0.4, -0.2) is 83.5 Å². The van der Waals surface area contributed by atoms with E-state index in [9.17, 15) is 14.4 Å². The van der Waals surface area contributed by atoms with Crippen LogP contribution in [0, 0.1) is 17.3 Å². The first kappa shape index (κ1) is 23.9. The Kier molecular flexibility index (Phi) is 5.48. The minimum atomic E-state index is -0.815. The molecular formula is C30H35N3O5. The number of rotatable bonds is 7. The molecule has 38 heavy (non-hydrogen) atoms. The first-order valence-electron chi connectivity index (χ1n) is 14.0. The van der Waals surface area contributed by atoms with Crippen molar-refractivity contribution >= 4 is 17.8 Å². The van der Waals surface area contributed by atoms with Gasteiger partial charge in [-0.15, -0.1) is 0 Å². The summed E-state index contributed by atoms with van der Waals surface area (Å²) in [5.74, 6) is 0.344. The van der Waals surface area contributed by atoms with Crippen molar-refractivity contribution in [2.24, 2.45) is 17.3 Å². The fourth-order valence-electron chi connectivity index (χ4n) is 7.10. The summed E-state index contributed by atoms with van der Waals surface area (Å²) >= 11 is 0. The van der Waals surface area contributed by atoms with E-state index in [0.717, 1.165) is 56.0 Å². The van der Waals surface area contributed by atoms with E-state index in [2.05, 4.69) is 11.8 Å². The van der Waals surface area contributed by atoms with Gasteiger partial charge in [0.15, 0.2) is 11.4 Å². The summed E-state index contributed by atoms with van der Waals surface area (Å²) in [6, 6.07) is 10.1. The van der Waals surface area contributed by atoms with Crippen LogP contribution in [0.15, 0.2) is 53.8 Å². The standard InChI is InChI=1S/C30H35N3O5/c1-20(22-7-8-22)33(13-21-5-3-2-4-6-21)26(34)14-31-17-30(38-28(31)36)12-11-23-24(30)9-10-25(27(23)35)32-15-29(16-32)18-37-19-29/h2-6,9-10,20,22-23H,7-8,11-19H2,1H3. The molecule has 8 nitrogen and oxygen atoms in total. The van der Waals surface area contributed by atoms with Crippen LogP contribution in [0.25, 0.3) is 0 Å². The Morgan fingerprint density at radius 1 is 1.08 bits per heavy atom. The maximum atomic E-state index is 13.6. The zero-order chi connectivity index (χ0) is 26.1. The van der Waals surface area contributed by atoms with E-state index >= 15 is 0 Å². The van der Waals surface area contributed by atoms with E-state index in [1.54, 1.807) is 4.90 Å². The van der Waals surface area contributed by atoms with Gasteiger partial charge in [-0.3, -0.25) is 14.5 Å². The van der Waals surface area contributed by atoms with Crippen LogP contribution < -0.4 is 0 Å². The lowest BCUT2D eigenvalue weighted by molar-refractivity contribution is -0.181. The third kappa shape index (κ3) is 3.87. The van der Waals surface area contributed by atoms with Gasteiger partial charge in [-0.2, -0.15) is 0 Å². The molecule has 3 heterocycles. The summed E-state index contributed by atoms with van der Waals surface area (Å²) < 4.78 is 11.4. The number of likely N-dealkylation sites (tertiary alicyclic amines) is 1. The Morgan fingerprint density at radius 2 is 1.84 bits per heavy atom. The fraction of sp³-hybridized carbons (Fsp3) is 0.567. The second kappa shape index (κ2) is 8.70. The Bertz CT molecular complexity index is 1230. The van der Waals surface area contributed by atoms with Gasteiger partial charge in [0.25, 0.3) is 0 Å². The van der Waals surface area contributed by atoms with Gasteiger partial charge >= 0.3 is 6.09 Å². The quantitative estimate of drug-likeness (QED) is 0.553. The molecule has 2 spiro atoms. The van der Waals surface area contributed by atoms with Crippen LogP contribution in [0.5, 0.6) is 0 Å². The SMILES string of the molecule is CC(C1CC1)N(Cc1ccccc1)C(=O)CN1CC2(CCC3C(=O)C(N4CC5(COC5)C4)=CC=C32)OC1=O. The fourth-order valence-corrected chi connectivity index (χ4v) is 7.10. The lowest BCUT2D eigenvalue weighted by Crippen LogP contribution is -2.66. The number of Topliss-reactive ketones (excluding diaryl/α,β-unsaturated/α-hetero) is 1. The molecule has 200 valence electrons. The Morgan fingerprint density at radius 3 is 2.53 bits per heavy atom. The van der Waals surface area contributed by atoms with Gasteiger partial charge in [0.1, 0.15) is 6.54 Å². The van der Waals surface area contributed by atoms with Gasteiger partial charge in [-0.1, -0.05) is 36.4 Å². The van der Waals surface area contributed by atoms with Crippen molar-refractivity contribution in [2.45, 2.75) is 50.8 Å². The molecule has 2 saturated carbocycles. The van der Waals surface area contributed by atoms with Gasteiger partial charge in [-0.05, 0) is 55.7 Å². The molecule has 7 rings (SSSR count). The number of allylic oxidation sites excluding steroid dienone is 3. The van der Waals surface area contributed by atoms with Crippen molar-refractivity contribution < 1.29 is 23.9 Å². The molecule has 3 atom stereocenters. The number of benzene rings is 1. The molecule has 0 radical (unpaired) electrons.